The number of esters is 1. The first-order chi connectivity index (χ1) is 22.0. The van der Waals surface area contributed by atoms with Gasteiger partial charge < -0.3 is 23.8 Å². The van der Waals surface area contributed by atoms with E-state index in [1.807, 2.05) is 43.3 Å². The molecule has 2 aliphatic heterocycles. The van der Waals surface area contributed by atoms with Crippen molar-refractivity contribution < 1.29 is 28.5 Å². The highest BCUT2D eigenvalue weighted by Crippen LogP contribution is 2.39. The zero-order chi connectivity index (χ0) is 31.3. The Kier molecular flexibility index (Phi) is 9.11. The Hall–Kier alpha value is -4.71. The Morgan fingerprint density at radius 1 is 0.956 bits per heavy atom. The molecule has 3 heterocycles. The molecule has 11 heteroatoms. The summed E-state index contributed by atoms with van der Waals surface area (Å²) < 4.78 is 22.4. The molecule has 232 valence electrons. The molecule has 4 aromatic rings. The van der Waals surface area contributed by atoms with Crippen LogP contribution in [-0.4, -0.2) is 73.8 Å². The second-order valence-corrected chi connectivity index (χ2v) is 10.8. The van der Waals surface area contributed by atoms with Crippen LogP contribution in [0, 0.1) is 6.92 Å². The highest BCUT2D eigenvalue weighted by molar-refractivity contribution is 6.20. The second kappa shape index (κ2) is 13.5. The molecular weight excluding hydrogens is 576 g/mol. The van der Waals surface area contributed by atoms with Crippen molar-refractivity contribution in [2.45, 2.75) is 26.1 Å². The van der Waals surface area contributed by atoms with Crippen molar-refractivity contribution in [3.8, 4) is 0 Å². The zero-order valence-corrected chi connectivity index (χ0v) is 25.2. The van der Waals surface area contributed by atoms with Gasteiger partial charge in [0.15, 0.2) is 5.82 Å². The number of ether oxygens (including phenoxy) is 4. The van der Waals surface area contributed by atoms with Crippen molar-refractivity contribution in [2.24, 2.45) is 4.99 Å². The van der Waals surface area contributed by atoms with Crippen molar-refractivity contribution in [1.82, 2.24) is 9.55 Å². The zero-order valence-electron chi connectivity index (χ0n) is 25.2. The minimum absolute atomic E-state index is 0.103. The molecule has 0 fully saturated rings. The number of rotatable bonds is 12. The van der Waals surface area contributed by atoms with Crippen molar-refractivity contribution in [3.05, 3.63) is 105 Å². The number of carbonyl (C=O) groups excluding carboxylic acids is 2. The summed E-state index contributed by atoms with van der Waals surface area (Å²) in [5.74, 6) is -0.895. The Morgan fingerprint density at radius 2 is 1.71 bits per heavy atom. The van der Waals surface area contributed by atoms with Crippen LogP contribution in [0.25, 0.3) is 10.9 Å². The number of para-hydroxylation sites is 1. The Labute approximate surface area is 260 Å². The van der Waals surface area contributed by atoms with Crippen LogP contribution in [0.1, 0.15) is 34.2 Å². The van der Waals surface area contributed by atoms with Crippen molar-refractivity contribution in [2.75, 3.05) is 51.6 Å². The number of benzene rings is 3. The minimum atomic E-state index is -1.28. The SMILES string of the molecule is COCCOCCOCC(=O)OCc1nc2ccccc2c(=O)n1C1N=C(c2ccccc2)c2cc(C)cc3c2N(CC3)C1=O. The van der Waals surface area contributed by atoms with Gasteiger partial charge in [0.2, 0.25) is 6.17 Å². The quantitative estimate of drug-likeness (QED) is 0.177. The fourth-order valence-electron chi connectivity index (χ4n) is 5.74. The van der Waals surface area contributed by atoms with Crippen LogP contribution in [0.2, 0.25) is 0 Å². The number of methoxy groups -OCH3 is 1. The predicted octanol–water partition coefficient (Wildman–Crippen LogP) is 3.37. The van der Waals surface area contributed by atoms with Gasteiger partial charge in [0, 0.05) is 24.8 Å². The third kappa shape index (κ3) is 6.28. The van der Waals surface area contributed by atoms with Crippen LogP contribution in [0.15, 0.2) is 76.5 Å². The number of aromatic nitrogens is 2. The molecular formula is C34H34N4O7. The van der Waals surface area contributed by atoms with Crippen LogP contribution < -0.4 is 10.5 Å². The number of hydrogen-bond acceptors (Lipinski definition) is 9. The lowest BCUT2D eigenvalue weighted by Gasteiger charge is -2.23. The number of fused-ring (bicyclic) bond motifs is 1. The van der Waals surface area contributed by atoms with Gasteiger partial charge in [-0.2, -0.15) is 0 Å². The smallest absolute Gasteiger partial charge is 0.332 e. The Morgan fingerprint density at radius 3 is 2.53 bits per heavy atom. The lowest BCUT2D eigenvalue weighted by Crippen LogP contribution is -2.40. The van der Waals surface area contributed by atoms with Gasteiger partial charge in [-0.3, -0.25) is 14.2 Å². The summed E-state index contributed by atoms with van der Waals surface area (Å²) in [5.41, 5.74) is 5.15. The molecule has 1 amide bonds. The summed E-state index contributed by atoms with van der Waals surface area (Å²) in [6, 6.07) is 20.6. The highest BCUT2D eigenvalue weighted by Gasteiger charge is 2.39. The van der Waals surface area contributed by atoms with Crippen molar-refractivity contribution in [1.29, 1.82) is 0 Å². The average Bonchev–Trinajstić information content (AvgIpc) is 3.43. The van der Waals surface area contributed by atoms with Crippen molar-refractivity contribution >= 4 is 34.2 Å². The largest absolute Gasteiger partial charge is 0.456 e. The predicted molar refractivity (Wildman–Crippen MR) is 168 cm³/mol. The summed E-state index contributed by atoms with van der Waals surface area (Å²) in [4.78, 5) is 52.5. The van der Waals surface area contributed by atoms with Crippen LogP contribution in [-0.2, 0) is 41.6 Å². The van der Waals surface area contributed by atoms with Gasteiger partial charge in [-0.25, -0.2) is 14.8 Å². The van der Waals surface area contributed by atoms with Gasteiger partial charge in [0.1, 0.15) is 13.2 Å². The van der Waals surface area contributed by atoms with E-state index in [0.29, 0.717) is 49.4 Å². The van der Waals surface area contributed by atoms with E-state index in [-0.39, 0.29) is 31.6 Å². The van der Waals surface area contributed by atoms with Crippen LogP contribution in [0.5, 0.6) is 0 Å². The standard InChI is InChI=1S/C34H34N4O7/c1-22-18-24-12-13-37-31(24)26(19-22)30(23-8-4-3-5-9-23)36-32(34(37)41)38-28(35-27-11-7-6-10-25(27)33(38)40)20-45-29(39)21-44-17-16-43-15-14-42-2/h3-11,18-19,32H,12-17,20-21H2,1-2H3. The van der Waals surface area contributed by atoms with E-state index < -0.39 is 17.7 Å². The summed E-state index contributed by atoms with van der Waals surface area (Å²) in [6.07, 6.45) is -0.588. The molecule has 0 radical (unpaired) electrons. The molecule has 6 rings (SSSR count). The van der Waals surface area contributed by atoms with Gasteiger partial charge in [-0.15, -0.1) is 0 Å². The highest BCUT2D eigenvalue weighted by atomic mass is 16.6. The van der Waals surface area contributed by atoms with Gasteiger partial charge in [-0.1, -0.05) is 54.1 Å². The maximum atomic E-state index is 14.4. The number of nitrogens with zero attached hydrogens (tertiary/aromatic N) is 4. The monoisotopic (exact) mass is 610 g/mol. The topological polar surface area (TPSA) is 122 Å². The molecule has 1 aromatic heterocycles. The molecule has 45 heavy (non-hydrogen) atoms. The Balaban J connectivity index is 1.37. The fourth-order valence-corrected chi connectivity index (χ4v) is 5.74. The van der Waals surface area contributed by atoms with E-state index in [4.69, 9.17) is 23.9 Å². The molecule has 0 aliphatic carbocycles. The van der Waals surface area contributed by atoms with E-state index in [9.17, 15) is 14.4 Å². The molecule has 0 spiro atoms. The first-order valence-corrected chi connectivity index (χ1v) is 14.8. The van der Waals surface area contributed by atoms with Crippen LogP contribution >= 0.6 is 0 Å². The van der Waals surface area contributed by atoms with E-state index in [1.165, 1.54) is 4.57 Å². The number of aryl methyl sites for hydroxylation is 1. The molecule has 11 nitrogen and oxygen atoms in total. The first-order valence-electron chi connectivity index (χ1n) is 14.8. The fraction of sp³-hybridized carbons (Fsp3) is 0.324. The molecule has 1 atom stereocenters. The molecule has 0 saturated carbocycles. The average molecular weight is 611 g/mol. The number of anilines is 1. The van der Waals surface area contributed by atoms with Gasteiger partial charge >= 0.3 is 5.97 Å². The lowest BCUT2D eigenvalue weighted by molar-refractivity contribution is -0.151. The summed E-state index contributed by atoms with van der Waals surface area (Å²) in [5, 5.41) is 0.327. The minimum Gasteiger partial charge on any atom is -0.456 e. The van der Waals surface area contributed by atoms with E-state index in [2.05, 4.69) is 11.1 Å². The van der Waals surface area contributed by atoms with E-state index in [0.717, 1.165) is 27.9 Å². The summed E-state index contributed by atoms with van der Waals surface area (Å²) in [6.45, 7) is 3.21. The third-order valence-electron chi connectivity index (χ3n) is 7.76. The van der Waals surface area contributed by atoms with Gasteiger partial charge in [0.25, 0.3) is 11.5 Å². The van der Waals surface area contributed by atoms with Crippen LogP contribution in [0.4, 0.5) is 5.69 Å². The molecule has 2 aliphatic rings. The molecule has 1 unspecified atom stereocenters. The van der Waals surface area contributed by atoms with Crippen molar-refractivity contribution in [3.63, 3.8) is 0 Å². The molecule has 3 aromatic carbocycles. The number of carbonyl (C=O) groups is 2. The summed E-state index contributed by atoms with van der Waals surface area (Å²) >= 11 is 0. The molecule has 0 saturated heterocycles. The number of aliphatic imine (C=N–C) groups is 1. The maximum absolute atomic E-state index is 14.4. The van der Waals surface area contributed by atoms with E-state index >= 15 is 0 Å². The molecule has 0 bridgehead atoms. The van der Waals surface area contributed by atoms with Gasteiger partial charge in [-0.05, 0) is 37.1 Å². The van der Waals surface area contributed by atoms with E-state index in [1.54, 1.807) is 36.3 Å². The summed E-state index contributed by atoms with van der Waals surface area (Å²) in [7, 11) is 1.59. The van der Waals surface area contributed by atoms with Crippen LogP contribution in [0.3, 0.4) is 0 Å². The maximum Gasteiger partial charge on any atom is 0.332 e. The third-order valence-corrected chi connectivity index (χ3v) is 7.76. The van der Waals surface area contributed by atoms with Gasteiger partial charge in [0.05, 0.1) is 48.7 Å². The molecule has 0 N–H and O–H groups in total. The number of hydrogen-bond donors (Lipinski definition) is 0. The first kappa shape index (κ1) is 30.3. The second-order valence-electron chi connectivity index (χ2n) is 10.8. The lowest BCUT2D eigenvalue weighted by atomic mass is 9.96. The number of amides is 1. The Bertz CT molecular complexity index is 1820. The normalized spacial score (nSPS) is 15.6.